The van der Waals surface area contributed by atoms with Crippen LogP contribution in [0.2, 0.25) is 0 Å². The van der Waals surface area contributed by atoms with Crippen LogP contribution in [0.1, 0.15) is 31.2 Å². The van der Waals surface area contributed by atoms with E-state index in [0.717, 1.165) is 19.1 Å². The number of carboxylic acids is 1. The summed E-state index contributed by atoms with van der Waals surface area (Å²) in [5.41, 5.74) is -0.365. The molecule has 1 N–H and O–H groups in total. The van der Waals surface area contributed by atoms with Crippen molar-refractivity contribution in [2.45, 2.75) is 36.0 Å². The van der Waals surface area contributed by atoms with Crippen LogP contribution in [-0.2, 0) is 20.0 Å². The van der Waals surface area contributed by atoms with Gasteiger partial charge in [-0.2, -0.15) is 0 Å². The van der Waals surface area contributed by atoms with E-state index in [0.29, 0.717) is 22.9 Å². The van der Waals surface area contributed by atoms with Crippen molar-refractivity contribution in [1.82, 2.24) is 0 Å². The van der Waals surface area contributed by atoms with E-state index in [4.69, 9.17) is 0 Å². The summed E-state index contributed by atoms with van der Waals surface area (Å²) in [5.74, 6) is -0.873. The summed E-state index contributed by atoms with van der Waals surface area (Å²) >= 11 is 3.27. The lowest BCUT2D eigenvalue weighted by Gasteiger charge is -2.25. The topological polar surface area (TPSA) is 71.4 Å². The van der Waals surface area contributed by atoms with Crippen molar-refractivity contribution >= 4 is 31.7 Å². The Morgan fingerprint density at radius 1 is 1.26 bits per heavy atom. The summed E-state index contributed by atoms with van der Waals surface area (Å²) in [4.78, 5) is 11.8. The maximum absolute atomic E-state index is 11.7. The molecule has 0 aliphatic heterocycles. The second kappa shape index (κ2) is 4.90. The van der Waals surface area contributed by atoms with Gasteiger partial charge in [-0.05, 0) is 36.6 Å². The molecule has 6 heteroatoms. The Labute approximate surface area is 120 Å². The quantitative estimate of drug-likeness (QED) is 0.913. The van der Waals surface area contributed by atoms with Gasteiger partial charge in [-0.25, -0.2) is 8.42 Å². The minimum Gasteiger partial charge on any atom is -0.481 e. The monoisotopic (exact) mass is 346 g/mol. The molecule has 1 aromatic carbocycles. The molecular weight excluding hydrogens is 332 g/mol. The van der Waals surface area contributed by atoms with Crippen LogP contribution in [0.5, 0.6) is 0 Å². The van der Waals surface area contributed by atoms with E-state index in [9.17, 15) is 18.3 Å². The van der Waals surface area contributed by atoms with E-state index < -0.39 is 21.2 Å². The first kappa shape index (κ1) is 14.5. The van der Waals surface area contributed by atoms with E-state index >= 15 is 0 Å². The van der Waals surface area contributed by atoms with E-state index in [2.05, 4.69) is 15.9 Å². The zero-order valence-electron chi connectivity index (χ0n) is 10.5. The highest BCUT2D eigenvalue weighted by Gasteiger charge is 2.43. The van der Waals surface area contributed by atoms with Gasteiger partial charge in [0.1, 0.15) is 0 Å². The van der Waals surface area contributed by atoms with Crippen molar-refractivity contribution in [3.8, 4) is 0 Å². The molecule has 1 fully saturated rings. The van der Waals surface area contributed by atoms with Crippen LogP contribution < -0.4 is 0 Å². The summed E-state index contributed by atoms with van der Waals surface area (Å²) in [7, 11) is -3.35. The molecule has 0 saturated heterocycles. The Kier molecular flexibility index (Phi) is 3.75. The van der Waals surface area contributed by atoms with Gasteiger partial charge in [0.2, 0.25) is 0 Å². The highest BCUT2D eigenvalue weighted by molar-refractivity contribution is 9.10. The Morgan fingerprint density at radius 2 is 1.84 bits per heavy atom. The molecule has 0 amide bonds. The summed E-state index contributed by atoms with van der Waals surface area (Å²) < 4.78 is 23.9. The van der Waals surface area contributed by atoms with Gasteiger partial charge in [0.05, 0.1) is 10.3 Å². The molecule has 0 aromatic heterocycles. The molecule has 4 nitrogen and oxygen atoms in total. The van der Waals surface area contributed by atoms with Gasteiger partial charge < -0.3 is 5.11 Å². The summed E-state index contributed by atoms with van der Waals surface area (Å²) in [6.07, 6.45) is 3.95. The number of hydrogen-bond donors (Lipinski definition) is 1. The minimum atomic E-state index is -3.35. The molecule has 1 saturated carbocycles. The first-order valence-corrected chi connectivity index (χ1v) is 8.69. The fraction of sp³-hybridized carbons (Fsp3) is 0.462. The first-order valence-electron chi connectivity index (χ1n) is 6.00. The number of carbonyl (C=O) groups is 1. The van der Waals surface area contributed by atoms with Crippen molar-refractivity contribution in [3.63, 3.8) is 0 Å². The molecule has 1 aliphatic carbocycles. The van der Waals surface area contributed by atoms with Crippen LogP contribution >= 0.6 is 15.9 Å². The number of benzene rings is 1. The maximum Gasteiger partial charge on any atom is 0.314 e. The van der Waals surface area contributed by atoms with E-state index in [1.807, 2.05) is 0 Å². The fourth-order valence-corrected chi connectivity index (χ4v) is 3.98. The molecule has 0 bridgehead atoms. The average Bonchev–Trinajstić information content (AvgIpc) is 2.77. The lowest BCUT2D eigenvalue weighted by atomic mass is 9.79. The molecule has 1 aliphatic rings. The number of hydrogen-bond acceptors (Lipinski definition) is 3. The van der Waals surface area contributed by atoms with E-state index in [-0.39, 0.29) is 4.90 Å². The fourth-order valence-electron chi connectivity index (χ4n) is 2.66. The third kappa shape index (κ3) is 2.69. The number of halogens is 1. The minimum absolute atomic E-state index is 0.157. The van der Waals surface area contributed by atoms with Crippen molar-refractivity contribution in [2.75, 3.05) is 6.26 Å². The lowest BCUT2D eigenvalue weighted by Crippen LogP contribution is -2.32. The number of sulfone groups is 1. The number of rotatable bonds is 3. The smallest absolute Gasteiger partial charge is 0.314 e. The Balaban J connectivity index is 2.62. The normalized spacial score (nSPS) is 18.4. The van der Waals surface area contributed by atoms with Gasteiger partial charge in [0, 0.05) is 10.7 Å². The summed E-state index contributed by atoms with van der Waals surface area (Å²) in [6, 6.07) is 4.72. The second-order valence-corrected chi connectivity index (χ2v) is 7.97. The van der Waals surface area contributed by atoms with Crippen LogP contribution in [0.15, 0.2) is 27.6 Å². The molecule has 0 unspecified atom stereocenters. The Hall–Kier alpha value is -0.880. The molecule has 0 radical (unpaired) electrons. The zero-order valence-corrected chi connectivity index (χ0v) is 12.9. The molecule has 104 valence electrons. The largest absolute Gasteiger partial charge is 0.481 e. The van der Waals surface area contributed by atoms with E-state index in [1.165, 1.54) is 12.1 Å². The number of aliphatic carboxylic acids is 1. The van der Waals surface area contributed by atoms with Crippen LogP contribution in [0, 0.1) is 0 Å². The molecule has 19 heavy (non-hydrogen) atoms. The van der Waals surface area contributed by atoms with Crippen molar-refractivity contribution in [3.05, 3.63) is 28.2 Å². The van der Waals surface area contributed by atoms with Crippen molar-refractivity contribution in [2.24, 2.45) is 0 Å². The summed E-state index contributed by atoms with van der Waals surface area (Å²) in [6.45, 7) is 0. The lowest BCUT2D eigenvalue weighted by molar-refractivity contribution is -0.143. The van der Waals surface area contributed by atoms with Gasteiger partial charge in [-0.15, -0.1) is 0 Å². The first-order chi connectivity index (χ1) is 8.75. The zero-order chi connectivity index (χ0) is 14.3. The van der Waals surface area contributed by atoms with Crippen LogP contribution in [-0.4, -0.2) is 25.7 Å². The van der Waals surface area contributed by atoms with Gasteiger partial charge >= 0.3 is 5.97 Å². The van der Waals surface area contributed by atoms with Crippen LogP contribution in [0.3, 0.4) is 0 Å². The average molecular weight is 347 g/mol. The highest BCUT2D eigenvalue weighted by atomic mass is 79.9. The molecule has 1 aromatic rings. The SMILES string of the molecule is CS(=O)(=O)c1cc(Br)cc(C2(C(=O)O)CCCC2)c1. The van der Waals surface area contributed by atoms with Gasteiger partial charge in [-0.1, -0.05) is 28.8 Å². The Bertz CT molecular complexity index is 616. The summed E-state index contributed by atoms with van der Waals surface area (Å²) in [5, 5.41) is 9.54. The van der Waals surface area contributed by atoms with Gasteiger partial charge in [0.15, 0.2) is 9.84 Å². The molecule has 0 spiro atoms. The van der Waals surface area contributed by atoms with Gasteiger partial charge in [-0.3, -0.25) is 4.79 Å². The molecule has 0 heterocycles. The maximum atomic E-state index is 11.7. The van der Waals surface area contributed by atoms with Crippen LogP contribution in [0.4, 0.5) is 0 Å². The second-order valence-electron chi connectivity index (χ2n) is 5.04. The predicted molar refractivity (Wildman–Crippen MR) is 75.0 cm³/mol. The highest BCUT2D eigenvalue weighted by Crippen LogP contribution is 2.42. The third-order valence-electron chi connectivity index (χ3n) is 3.72. The van der Waals surface area contributed by atoms with Crippen molar-refractivity contribution < 1.29 is 18.3 Å². The predicted octanol–water partition coefficient (Wildman–Crippen LogP) is 2.75. The molecule has 2 rings (SSSR count). The standard InChI is InChI=1S/C13H15BrO4S/c1-19(17,18)11-7-9(6-10(14)8-11)13(12(15)16)4-2-3-5-13/h6-8H,2-5H2,1H3,(H,15,16). The van der Waals surface area contributed by atoms with Crippen LogP contribution in [0.25, 0.3) is 0 Å². The van der Waals surface area contributed by atoms with Gasteiger partial charge in [0.25, 0.3) is 0 Å². The van der Waals surface area contributed by atoms with Crippen molar-refractivity contribution in [1.29, 1.82) is 0 Å². The molecule has 0 atom stereocenters. The Morgan fingerprint density at radius 3 is 2.32 bits per heavy atom. The van der Waals surface area contributed by atoms with E-state index in [1.54, 1.807) is 6.07 Å². The molecular formula is C13H15BrO4S. The number of carboxylic acid groups (broad SMARTS) is 1. The third-order valence-corrected chi connectivity index (χ3v) is 5.27.